The molecule has 0 bridgehead atoms. The lowest BCUT2D eigenvalue weighted by Gasteiger charge is -2.03. The number of aryl methyl sites for hydroxylation is 1. The number of carbonyl (C=O) groups excluding carboxylic acids is 1. The number of pyridine rings is 1. The minimum Gasteiger partial charge on any atom is -0.339 e. The van der Waals surface area contributed by atoms with Gasteiger partial charge in [0, 0.05) is 34.8 Å². The van der Waals surface area contributed by atoms with Crippen LogP contribution in [0.5, 0.6) is 0 Å². The van der Waals surface area contributed by atoms with Gasteiger partial charge in [-0.3, -0.25) is 4.79 Å². The lowest BCUT2D eigenvalue weighted by atomic mass is 10.0. The molecule has 0 fully saturated rings. The summed E-state index contributed by atoms with van der Waals surface area (Å²) in [6, 6.07) is 12.3. The van der Waals surface area contributed by atoms with E-state index in [1.165, 1.54) is 5.39 Å². The molecule has 0 amide bonds. The van der Waals surface area contributed by atoms with Crippen molar-refractivity contribution in [2.24, 2.45) is 5.92 Å². The van der Waals surface area contributed by atoms with Gasteiger partial charge < -0.3 is 4.98 Å². The van der Waals surface area contributed by atoms with Crippen molar-refractivity contribution in [2.45, 2.75) is 33.1 Å². The number of fused-ring (bicyclic) bond motifs is 3. The van der Waals surface area contributed by atoms with Gasteiger partial charge in [-0.05, 0) is 30.5 Å². The number of ketones is 1. The third-order valence-electron chi connectivity index (χ3n) is 3.72. The highest BCUT2D eigenvalue weighted by Gasteiger charge is 2.08. The number of hydrogen-bond donors (Lipinski definition) is 1. The van der Waals surface area contributed by atoms with E-state index in [1.54, 1.807) is 0 Å². The second-order valence-corrected chi connectivity index (χ2v) is 6.01. The quantitative estimate of drug-likeness (QED) is 0.758. The second-order valence-electron chi connectivity index (χ2n) is 6.01. The second kappa shape index (κ2) is 5.68. The van der Waals surface area contributed by atoms with E-state index in [-0.39, 0.29) is 0 Å². The van der Waals surface area contributed by atoms with E-state index < -0.39 is 0 Å². The third kappa shape index (κ3) is 2.97. The molecule has 2 aromatic heterocycles. The number of aromatic nitrogens is 2. The monoisotopic (exact) mass is 280 g/mol. The summed E-state index contributed by atoms with van der Waals surface area (Å²) in [4.78, 5) is 19.8. The molecular weight excluding hydrogens is 260 g/mol. The highest BCUT2D eigenvalue weighted by atomic mass is 16.1. The zero-order chi connectivity index (χ0) is 14.8. The van der Waals surface area contributed by atoms with Crippen LogP contribution in [-0.2, 0) is 11.2 Å². The Labute approximate surface area is 124 Å². The van der Waals surface area contributed by atoms with Crippen molar-refractivity contribution in [2.75, 3.05) is 0 Å². The average molecular weight is 280 g/mol. The normalized spacial score (nSPS) is 11.6. The van der Waals surface area contributed by atoms with Crippen LogP contribution in [0.4, 0.5) is 0 Å². The molecule has 0 aliphatic rings. The number of benzene rings is 1. The van der Waals surface area contributed by atoms with Crippen molar-refractivity contribution in [1.29, 1.82) is 0 Å². The molecule has 3 aromatic rings. The summed E-state index contributed by atoms with van der Waals surface area (Å²) in [5, 5.41) is 2.34. The summed E-state index contributed by atoms with van der Waals surface area (Å²) in [6.07, 6.45) is 1.96. The SMILES string of the molecule is CC(C)CC(=O)CCc1ccc2c(n1)[nH]c1ccccc12. The van der Waals surface area contributed by atoms with Gasteiger partial charge in [0.05, 0.1) is 0 Å². The zero-order valence-electron chi connectivity index (χ0n) is 12.5. The van der Waals surface area contributed by atoms with Gasteiger partial charge in [0.15, 0.2) is 0 Å². The Morgan fingerprint density at radius 2 is 1.95 bits per heavy atom. The molecule has 0 radical (unpaired) electrons. The van der Waals surface area contributed by atoms with Crippen LogP contribution in [0, 0.1) is 5.92 Å². The molecule has 0 aliphatic carbocycles. The van der Waals surface area contributed by atoms with Gasteiger partial charge in [0.2, 0.25) is 0 Å². The molecule has 0 saturated heterocycles. The lowest BCUT2D eigenvalue weighted by molar-refractivity contribution is -0.119. The molecule has 3 nitrogen and oxygen atoms in total. The molecule has 0 unspecified atom stereocenters. The maximum absolute atomic E-state index is 11.8. The van der Waals surface area contributed by atoms with Crippen molar-refractivity contribution in [1.82, 2.24) is 9.97 Å². The largest absolute Gasteiger partial charge is 0.339 e. The van der Waals surface area contributed by atoms with Crippen LogP contribution >= 0.6 is 0 Å². The number of carbonyl (C=O) groups is 1. The summed E-state index contributed by atoms with van der Waals surface area (Å²) in [7, 11) is 0. The van der Waals surface area contributed by atoms with Gasteiger partial charge in [-0.15, -0.1) is 0 Å². The van der Waals surface area contributed by atoms with Crippen LogP contribution in [-0.4, -0.2) is 15.8 Å². The molecule has 0 spiro atoms. The van der Waals surface area contributed by atoms with Crippen LogP contribution in [0.25, 0.3) is 21.9 Å². The maximum Gasteiger partial charge on any atom is 0.138 e. The molecule has 3 heteroatoms. The molecule has 1 aromatic carbocycles. The van der Waals surface area contributed by atoms with Crippen LogP contribution in [0.15, 0.2) is 36.4 Å². The summed E-state index contributed by atoms with van der Waals surface area (Å²) in [6.45, 7) is 4.15. The van der Waals surface area contributed by atoms with Crippen LogP contribution < -0.4 is 0 Å². The predicted octanol–water partition coefficient (Wildman–Crippen LogP) is 4.26. The molecule has 1 N–H and O–H groups in total. The fourth-order valence-corrected chi connectivity index (χ4v) is 2.73. The fourth-order valence-electron chi connectivity index (χ4n) is 2.73. The summed E-state index contributed by atoms with van der Waals surface area (Å²) in [5.41, 5.74) is 2.99. The highest BCUT2D eigenvalue weighted by Crippen LogP contribution is 2.24. The van der Waals surface area contributed by atoms with Crippen LogP contribution in [0.2, 0.25) is 0 Å². The predicted molar refractivity (Wildman–Crippen MR) is 86.4 cm³/mol. The number of rotatable bonds is 5. The molecular formula is C18H20N2O. The third-order valence-corrected chi connectivity index (χ3v) is 3.72. The lowest BCUT2D eigenvalue weighted by Crippen LogP contribution is -2.04. The molecule has 0 aliphatic heterocycles. The van der Waals surface area contributed by atoms with E-state index in [2.05, 4.69) is 42.0 Å². The Kier molecular flexibility index (Phi) is 3.74. The first-order valence-electron chi connectivity index (χ1n) is 7.51. The van der Waals surface area contributed by atoms with Crippen LogP contribution in [0.1, 0.15) is 32.4 Å². The Morgan fingerprint density at radius 1 is 1.14 bits per heavy atom. The molecule has 0 saturated carbocycles. The minimum absolute atomic E-state index is 0.323. The Bertz CT molecular complexity index is 786. The molecule has 0 atom stereocenters. The van der Waals surface area contributed by atoms with Gasteiger partial charge in [-0.2, -0.15) is 0 Å². The van der Waals surface area contributed by atoms with Gasteiger partial charge in [0.25, 0.3) is 0 Å². The van der Waals surface area contributed by atoms with E-state index in [1.807, 2.05) is 18.2 Å². The van der Waals surface area contributed by atoms with Crippen LogP contribution in [0.3, 0.4) is 0 Å². The first-order chi connectivity index (χ1) is 10.1. The molecule has 21 heavy (non-hydrogen) atoms. The van der Waals surface area contributed by atoms with Crippen molar-refractivity contribution in [3.05, 3.63) is 42.1 Å². The maximum atomic E-state index is 11.8. The number of para-hydroxylation sites is 1. The van der Waals surface area contributed by atoms with Gasteiger partial charge in [-0.25, -0.2) is 4.98 Å². The smallest absolute Gasteiger partial charge is 0.138 e. The van der Waals surface area contributed by atoms with Crippen molar-refractivity contribution in [3.8, 4) is 0 Å². The Balaban J connectivity index is 1.81. The van der Waals surface area contributed by atoms with Crippen molar-refractivity contribution < 1.29 is 4.79 Å². The highest BCUT2D eigenvalue weighted by molar-refractivity contribution is 6.05. The molecule has 3 rings (SSSR count). The minimum atomic E-state index is 0.323. The van der Waals surface area contributed by atoms with Gasteiger partial charge in [-0.1, -0.05) is 32.0 Å². The van der Waals surface area contributed by atoms with E-state index in [4.69, 9.17) is 0 Å². The van der Waals surface area contributed by atoms with Gasteiger partial charge >= 0.3 is 0 Å². The molecule has 108 valence electrons. The van der Waals surface area contributed by atoms with E-state index in [9.17, 15) is 4.79 Å². The number of nitrogens with one attached hydrogen (secondary N) is 1. The molecule has 2 heterocycles. The first-order valence-corrected chi connectivity index (χ1v) is 7.51. The van der Waals surface area contributed by atoms with Gasteiger partial charge in [0.1, 0.15) is 11.4 Å². The summed E-state index contributed by atoms with van der Waals surface area (Å²) >= 11 is 0. The van der Waals surface area contributed by atoms with Crippen molar-refractivity contribution >= 4 is 27.7 Å². The number of nitrogens with zero attached hydrogens (tertiary/aromatic N) is 1. The topological polar surface area (TPSA) is 45.8 Å². The standard InChI is InChI=1S/C18H20N2O/c1-12(2)11-14(21)9-7-13-8-10-16-15-5-3-4-6-17(15)20-18(16)19-13/h3-6,8,10,12H,7,9,11H2,1-2H3,(H,19,20). The fraction of sp³-hybridized carbons (Fsp3) is 0.333. The summed E-state index contributed by atoms with van der Waals surface area (Å²) in [5.74, 6) is 0.755. The Hall–Kier alpha value is -2.16. The van der Waals surface area contributed by atoms with E-state index in [0.29, 0.717) is 24.5 Å². The number of H-pyrrole nitrogens is 1. The van der Waals surface area contributed by atoms with Crippen molar-refractivity contribution in [3.63, 3.8) is 0 Å². The Morgan fingerprint density at radius 3 is 2.76 bits per heavy atom. The number of Topliss-reactive ketones (excluding diaryl/α,β-unsaturated/α-hetero) is 1. The number of hydrogen-bond acceptors (Lipinski definition) is 2. The number of aromatic amines is 1. The summed E-state index contributed by atoms with van der Waals surface area (Å²) < 4.78 is 0. The zero-order valence-corrected chi connectivity index (χ0v) is 12.5. The van der Waals surface area contributed by atoms with E-state index >= 15 is 0 Å². The van der Waals surface area contributed by atoms with E-state index in [0.717, 1.165) is 28.7 Å². The average Bonchev–Trinajstić information content (AvgIpc) is 2.82. The first kappa shape index (κ1) is 13.8.